The molecular weight excluding hydrogens is 1500 g/mol. The molecular formula is C76H80F4N16O10S4. The molecule has 0 saturated heterocycles. The first-order valence-corrected chi connectivity index (χ1v) is 41.0. The summed E-state index contributed by atoms with van der Waals surface area (Å²) in [4.78, 5) is 25.3. The maximum atomic E-state index is 13.9. The summed E-state index contributed by atoms with van der Waals surface area (Å²) in [6, 6.07) is 23.2. The molecule has 0 unspecified atom stereocenters. The Balaban J connectivity index is 0.000000122. The lowest BCUT2D eigenvalue weighted by atomic mass is 9.98. The summed E-state index contributed by atoms with van der Waals surface area (Å²) in [6.07, 6.45) is 20.3. The fourth-order valence-corrected chi connectivity index (χ4v) is 19.1. The van der Waals surface area contributed by atoms with Gasteiger partial charge in [-0.15, -0.1) is 0 Å². The van der Waals surface area contributed by atoms with E-state index in [1.165, 1.54) is 80.3 Å². The quantitative estimate of drug-likeness (QED) is 0.103. The Morgan fingerprint density at radius 1 is 0.455 bits per heavy atom. The van der Waals surface area contributed by atoms with E-state index in [0.717, 1.165) is 135 Å². The van der Waals surface area contributed by atoms with E-state index in [-0.39, 0.29) is 36.7 Å². The van der Waals surface area contributed by atoms with Crippen LogP contribution in [0.1, 0.15) is 59.5 Å². The van der Waals surface area contributed by atoms with Crippen molar-refractivity contribution in [1.82, 2.24) is 74.3 Å². The molecule has 0 radical (unpaired) electrons. The third-order valence-corrected chi connectivity index (χ3v) is 26.2. The molecule has 0 fully saturated rings. The zero-order valence-electron chi connectivity index (χ0n) is 61.4. The zero-order valence-corrected chi connectivity index (χ0v) is 64.7. The average molecular weight is 1580 g/mol. The second-order valence-electron chi connectivity index (χ2n) is 27.8. The van der Waals surface area contributed by atoms with Gasteiger partial charge >= 0.3 is 16.2 Å². The van der Waals surface area contributed by atoms with Crippen LogP contribution >= 0.6 is 0 Å². The maximum absolute atomic E-state index is 13.9. The van der Waals surface area contributed by atoms with Crippen molar-refractivity contribution in [2.24, 2.45) is 21.1 Å². The number of para-hydroxylation sites is 1. The average Bonchev–Trinajstić information content (AvgIpc) is 1.41. The first-order valence-electron chi connectivity index (χ1n) is 35.2. The smallest absolute Gasteiger partial charge is 0.416 e. The summed E-state index contributed by atoms with van der Waals surface area (Å²) in [5.41, 5.74) is 7.86. The molecule has 576 valence electrons. The highest BCUT2D eigenvalue weighted by Crippen LogP contribution is 2.41. The summed E-state index contributed by atoms with van der Waals surface area (Å²) in [5, 5.41) is 6.86. The number of alkyl halides is 3. The van der Waals surface area contributed by atoms with Gasteiger partial charge in [-0.2, -0.15) is 47.6 Å². The van der Waals surface area contributed by atoms with E-state index in [9.17, 15) is 51.2 Å². The lowest BCUT2D eigenvalue weighted by Gasteiger charge is -2.21. The Hall–Kier alpha value is -10.3. The van der Waals surface area contributed by atoms with Gasteiger partial charge in [-0.25, -0.2) is 44.7 Å². The minimum atomic E-state index is -4.52. The molecule has 13 heterocycles. The van der Waals surface area contributed by atoms with Crippen LogP contribution in [-0.4, -0.2) is 202 Å². The fourth-order valence-electron chi connectivity index (χ4n) is 13.7. The zero-order chi connectivity index (χ0) is 77.9. The van der Waals surface area contributed by atoms with Crippen LogP contribution in [0.3, 0.4) is 0 Å². The molecule has 110 heavy (non-hydrogen) atoms. The molecule has 4 aromatic carbocycles. The monoisotopic (exact) mass is 1580 g/mol. The lowest BCUT2D eigenvalue weighted by molar-refractivity contribution is -0.137. The molecule has 0 saturated carbocycles. The van der Waals surface area contributed by atoms with E-state index in [0.29, 0.717) is 71.1 Å². The molecule has 0 aliphatic carbocycles. The van der Waals surface area contributed by atoms with Crippen LogP contribution in [0.15, 0.2) is 191 Å². The number of hydrogen-bond acceptors (Lipinski definition) is 19. The minimum absolute atomic E-state index is 0.00894. The molecule has 0 N–H and O–H groups in total. The second-order valence-corrected chi connectivity index (χ2v) is 34.8. The molecule has 0 spiro atoms. The predicted octanol–water partition coefficient (Wildman–Crippen LogP) is 10.6. The van der Waals surface area contributed by atoms with Gasteiger partial charge < -0.3 is 42.8 Å². The van der Waals surface area contributed by atoms with Gasteiger partial charge in [0.2, 0.25) is 0 Å². The number of nitrogens with zero attached hydrogens (tertiary/aromatic N) is 16. The van der Waals surface area contributed by atoms with Crippen molar-refractivity contribution >= 4 is 106 Å². The molecule has 5 aliphatic heterocycles. The number of hydrogen-bond donors (Lipinski definition) is 0. The molecule has 0 bridgehead atoms. The van der Waals surface area contributed by atoms with Crippen LogP contribution in [0.25, 0.3) is 66.0 Å². The number of aromatic nitrogens is 12. The Morgan fingerprint density at radius 2 is 0.955 bits per heavy atom. The molecule has 5 aliphatic rings. The predicted molar refractivity (Wildman–Crippen MR) is 411 cm³/mol. The van der Waals surface area contributed by atoms with Crippen molar-refractivity contribution in [3.8, 4) is 11.5 Å². The number of rotatable bonds is 12. The van der Waals surface area contributed by atoms with E-state index in [1.54, 1.807) is 74.0 Å². The normalized spacial score (nSPS) is 16.5. The van der Waals surface area contributed by atoms with E-state index in [4.69, 9.17) is 9.47 Å². The Bertz CT molecular complexity index is 6180. The van der Waals surface area contributed by atoms with Crippen LogP contribution in [0.2, 0.25) is 0 Å². The number of fused-ring (bicyclic) bond motifs is 5. The summed E-state index contributed by atoms with van der Waals surface area (Å²) in [6.45, 7) is 9.22. The van der Waals surface area contributed by atoms with Gasteiger partial charge in [0.1, 0.15) is 24.9 Å². The highest BCUT2D eigenvalue weighted by atomic mass is 32.2. The third-order valence-electron chi connectivity index (χ3n) is 20.0. The molecule has 8 aromatic heterocycles. The van der Waals surface area contributed by atoms with Crippen molar-refractivity contribution in [3.63, 3.8) is 0 Å². The van der Waals surface area contributed by atoms with Crippen LogP contribution in [-0.2, 0) is 67.4 Å². The Morgan fingerprint density at radius 3 is 1.46 bits per heavy atom. The van der Waals surface area contributed by atoms with Crippen molar-refractivity contribution in [1.29, 1.82) is 0 Å². The number of likely N-dealkylation sites (N-methyl/N-ethyl adjacent to an activating group) is 4. The summed E-state index contributed by atoms with van der Waals surface area (Å²) >= 11 is 0. The summed E-state index contributed by atoms with van der Waals surface area (Å²) in [5.74, 6) is 1.25. The van der Waals surface area contributed by atoms with Gasteiger partial charge in [0.25, 0.3) is 30.1 Å². The van der Waals surface area contributed by atoms with Crippen LogP contribution < -0.4 is 9.47 Å². The molecule has 0 amide bonds. The molecule has 0 atom stereocenters. The van der Waals surface area contributed by atoms with E-state index in [1.807, 2.05) is 50.5 Å². The lowest BCUT2D eigenvalue weighted by Crippen LogP contribution is -2.24. The van der Waals surface area contributed by atoms with Gasteiger partial charge in [-0.3, -0.25) is 0 Å². The Labute approximate surface area is 633 Å². The van der Waals surface area contributed by atoms with Crippen molar-refractivity contribution in [2.45, 2.75) is 58.8 Å². The SMILES string of the molecule is CN1CC=C(c2cn(S(=O)(=O)c3ccc4c(c3)OCCO4)c3ncccc23)CC1.CN1CC=C(c2cn(S(=O)(=O)c3cn(C)cn3)c3ccc(C(F)(F)F)cc23)CC1.CN1CC=C(c2cn(S(=O)(=O)c3cn(C)cn3)c3ccc(F)cc23)CC1.Cc1nc(S(=O)(=O)n2nc(C3=CCN(C)CC3)c3ccccc32)cn1C. The maximum Gasteiger partial charge on any atom is 0.416 e. The van der Waals surface area contributed by atoms with Gasteiger partial charge in [0.05, 0.1) is 45.4 Å². The minimum Gasteiger partial charge on any atom is -0.486 e. The number of aryl methyl sites for hydroxylation is 4. The van der Waals surface area contributed by atoms with Crippen LogP contribution in [0, 0.1) is 12.7 Å². The first-order chi connectivity index (χ1) is 52.3. The van der Waals surface area contributed by atoms with Crippen molar-refractivity contribution < 1.29 is 60.7 Å². The van der Waals surface area contributed by atoms with Gasteiger partial charge in [0.15, 0.2) is 32.2 Å². The number of ether oxygens (including phenoxy) is 2. The van der Waals surface area contributed by atoms with Crippen LogP contribution in [0.4, 0.5) is 17.6 Å². The number of halogens is 4. The molecule has 34 heteroatoms. The topological polar surface area (TPSA) is 267 Å². The van der Waals surface area contributed by atoms with Gasteiger partial charge in [-0.05, 0) is 150 Å². The standard InChI is InChI=1S/C21H21N3O4S.C19H19F3N4O2S.C18H19FN4O2S.C18H21N5O2S/c1-23-9-6-15(7-10-23)18-14-24(21-17(18)3-2-8-22-21)29(25,26)16-4-5-19-20(13-16)28-12-11-27-19;1-24-7-5-13(6-8-24)16-10-26(29(27,28)18-11-25(2)12-23-18)17-4-3-14(9-15(16)17)19(20,21)22;1-21-7-5-13(6-8-21)16-10-23(17-4-3-14(19)9-15(16)17)26(24,25)18-11-22(2)12-20-18;1-13-19-17(12-22(13)3)26(24,25)23-16-7-5-4-6-15(16)18(20-23)14-8-10-21(2)11-9-14/h2-6,8,13-14H,7,9-12H2,1H3;3-5,9-12H,6-8H2,1-2H3;3-5,9-12H,6-8H2,1-2H3;4-8,12H,9-11H2,1-3H3. The number of imidazole rings is 3. The van der Waals surface area contributed by atoms with Crippen molar-refractivity contribution in [3.05, 3.63) is 211 Å². The number of benzene rings is 4. The second kappa shape index (κ2) is 30.2. The van der Waals surface area contributed by atoms with Crippen molar-refractivity contribution in [2.75, 3.05) is 93.8 Å². The van der Waals surface area contributed by atoms with E-state index in [2.05, 4.69) is 77.0 Å². The third kappa shape index (κ3) is 15.1. The Kier molecular flexibility index (Phi) is 21.0. The highest BCUT2D eigenvalue weighted by Gasteiger charge is 2.35. The summed E-state index contributed by atoms with van der Waals surface area (Å²) in [7, 11) is -2.37. The molecule has 26 nitrogen and oxygen atoms in total. The van der Waals surface area contributed by atoms with Gasteiger partial charge in [0, 0.05) is 161 Å². The van der Waals surface area contributed by atoms with Crippen LogP contribution in [0.5, 0.6) is 11.5 Å². The van der Waals surface area contributed by atoms with Gasteiger partial charge in [-0.1, -0.05) is 42.5 Å². The van der Waals surface area contributed by atoms with E-state index >= 15 is 0 Å². The fraction of sp³-hybridized carbons (Fsp3) is 0.303. The highest BCUT2D eigenvalue weighted by molar-refractivity contribution is 7.91. The first kappa shape index (κ1) is 76.4. The van der Waals surface area contributed by atoms with E-state index < -0.39 is 51.8 Å². The largest absolute Gasteiger partial charge is 0.486 e. The molecule has 12 aromatic rings. The number of pyridine rings is 1. The molecule has 17 rings (SSSR count). The summed E-state index contributed by atoms with van der Waals surface area (Å²) < 4.78 is 180.